The van der Waals surface area contributed by atoms with Crippen LogP contribution >= 0.6 is 0 Å². The van der Waals surface area contributed by atoms with E-state index in [9.17, 15) is 14.7 Å². The van der Waals surface area contributed by atoms with E-state index < -0.39 is 16.9 Å². The zero-order valence-electron chi connectivity index (χ0n) is 11.4. The fourth-order valence-electron chi connectivity index (χ4n) is 2.25. The molecule has 0 amide bonds. The molecule has 1 aliphatic heterocycles. The standard InChI is InChI=1S/C12H20N4O4/c1-2-16-9(13)8(10(17)15-11(16)18)14-7-12(19)3-5-20-6-4-12/h14,19H,2-7,13H2,1H3,(H,15,17,18). The monoisotopic (exact) mass is 284 g/mol. The van der Waals surface area contributed by atoms with Gasteiger partial charge in [-0.1, -0.05) is 0 Å². The van der Waals surface area contributed by atoms with Crippen molar-refractivity contribution in [1.29, 1.82) is 0 Å². The number of nitrogen functional groups attached to an aromatic ring is 1. The minimum Gasteiger partial charge on any atom is -0.388 e. The highest BCUT2D eigenvalue weighted by molar-refractivity contribution is 5.60. The maximum absolute atomic E-state index is 11.8. The third kappa shape index (κ3) is 2.86. The topological polar surface area (TPSA) is 122 Å². The molecular weight excluding hydrogens is 264 g/mol. The van der Waals surface area contributed by atoms with Gasteiger partial charge in [-0.3, -0.25) is 14.3 Å². The fraction of sp³-hybridized carbons (Fsp3) is 0.667. The van der Waals surface area contributed by atoms with Gasteiger partial charge >= 0.3 is 5.69 Å². The molecule has 8 nitrogen and oxygen atoms in total. The maximum atomic E-state index is 11.8. The van der Waals surface area contributed by atoms with Crippen LogP contribution in [0.15, 0.2) is 9.59 Å². The smallest absolute Gasteiger partial charge is 0.330 e. The average Bonchev–Trinajstić information content (AvgIpc) is 2.39. The molecule has 1 aromatic rings. The van der Waals surface area contributed by atoms with Crippen LogP contribution < -0.4 is 22.3 Å². The van der Waals surface area contributed by atoms with E-state index in [1.54, 1.807) is 6.92 Å². The van der Waals surface area contributed by atoms with Crippen LogP contribution in [0.5, 0.6) is 0 Å². The molecule has 2 rings (SSSR count). The zero-order chi connectivity index (χ0) is 14.8. The van der Waals surface area contributed by atoms with Crippen molar-refractivity contribution in [1.82, 2.24) is 9.55 Å². The fourth-order valence-corrected chi connectivity index (χ4v) is 2.25. The highest BCUT2D eigenvalue weighted by atomic mass is 16.5. The van der Waals surface area contributed by atoms with Crippen molar-refractivity contribution in [2.75, 3.05) is 30.8 Å². The molecular formula is C12H20N4O4. The number of nitrogens with zero attached hydrogens (tertiary/aromatic N) is 1. The molecule has 1 aromatic heterocycles. The van der Waals surface area contributed by atoms with E-state index in [-0.39, 0.29) is 18.1 Å². The molecule has 112 valence electrons. The van der Waals surface area contributed by atoms with Crippen LogP contribution in [0.25, 0.3) is 0 Å². The third-order valence-corrected chi connectivity index (χ3v) is 3.57. The van der Waals surface area contributed by atoms with Crippen molar-refractivity contribution in [3.8, 4) is 0 Å². The first kappa shape index (κ1) is 14.6. The Morgan fingerprint density at radius 3 is 2.70 bits per heavy atom. The van der Waals surface area contributed by atoms with Crippen molar-refractivity contribution in [3.05, 3.63) is 20.8 Å². The van der Waals surface area contributed by atoms with Gasteiger partial charge in [0.1, 0.15) is 11.5 Å². The van der Waals surface area contributed by atoms with Crippen molar-refractivity contribution in [2.45, 2.75) is 31.9 Å². The lowest BCUT2D eigenvalue weighted by molar-refractivity contribution is -0.0543. The predicted molar refractivity (Wildman–Crippen MR) is 74.9 cm³/mol. The lowest BCUT2D eigenvalue weighted by Crippen LogP contribution is -2.43. The van der Waals surface area contributed by atoms with Gasteiger partial charge < -0.3 is 20.9 Å². The summed E-state index contributed by atoms with van der Waals surface area (Å²) in [5.74, 6) is 0.0805. The number of nitrogens with one attached hydrogen (secondary N) is 2. The van der Waals surface area contributed by atoms with E-state index in [1.807, 2.05) is 0 Å². The Balaban J connectivity index is 2.21. The van der Waals surface area contributed by atoms with Crippen LogP contribution in [0.2, 0.25) is 0 Å². The number of ether oxygens (including phenoxy) is 1. The van der Waals surface area contributed by atoms with Gasteiger partial charge in [0.25, 0.3) is 5.56 Å². The Morgan fingerprint density at radius 2 is 2.10 bits per heavy atom. The van der Waals surface area contributed by atoms with Crippen LogP contribution in [0.1, 0.15) is 19.8 Å². The molecule has 5 N–H and O–H groups in total. The summed E-state index contributed by atoms with van der Waals surface area (Å²) in [5, 5.41) is 13.2. The number of nitrogens with two attached hydrogens (primary N) is 1. The second kappa shape index (κ2) is 5.68. The van der Waals surface area contributed by atoms with Gasteiger partial charge in [0.05, 0.1) is 5.60 Å². The molecule has 20 heavy (non-hydrogen) atoms. The van der Waals surface area contributed by atoms with Crippen LogP contribution in [0, 0.1) is 0 Å². The van der Waals surface area contributed by atoms with Gasteiger partial charge in [-0.25, -0.2) is 4.79 Å². The Kier molecular flexibility index (Phi) is 4.15. The Hall–Kier alpha value is -1.80. The number of aromatic nitrogens is 2. The zero-order valence-corrected chi connectivity index (χ0v) is 11.4. The molecule has 0 aromatic carbocycles. The predicted octanol–water partition coefficient (Wildman–Crippen LogP) is -0.908. The summed E-state index contributed by atoms with van der Waals surface area (Å²) in [6, 6.07) is 0. The number of aromatic amines is 1. The molecule has 2 heterocycles. The number of rotatable bonds is 4. The maximum Gasteiger partial charge on any atom is 0.330 e. The highest BCUT2D eigenvalue weighted by Crippen LogP contribution is 2.21. The normalized spacial score (nSPS) is 17.9. The van der Waals surface area contributed by atoms with E-state index in [0.717, 1.165) is 0 Å². The molecule has 0 spiro atoms. The lowest BCUT2D eigenvalue weighted by Gasteiger charge is -2.32. The van der Waals surface area contributed by atoms with Gasteiger partial charge in [0.2, 0.25) is 0 Å². The molecule has 0 radical (unpaired) electrons. The van der Waals surface area contributed by atoms with Crippen molar-refractivity contribution in [3.63, 3.8) is 0 Å². The minimum absolute atomic E-state index is 0.0805. The Morgan fingerprint density at radius 1 is 1.45 bits per heavy atom. The molecule has 1 saturated heterocycles. The number of H-pyrrole nitrogens is 1. The van der Waals surface area contributed by atoms with Crippen LogP contribution in [-0.2, 0) is 11.3 Å². The largest absolute Gasteiger partial charge is 0.388 e. The molecule has 1 fully saturated rings. The Labute approximate surface area is 115 Å². The van der Waals surface area contributed by atoms with Gasteiger partial charge in [-0.2, -0.15) is 0 Å². The summed E-state index contributed by atoms with van der Waals surface area (Å²) in [6.07, 6.45) is 0.983. The summed E-state index contributed by atoms with van der Waals surface area (Å²) in [4.78, 5) is 25.5. The summed E-state index contributed by atoms with van der Waals surface area (Å²) >= 11 is 0. The van der Waals surface area contributed by atoms with E-state index in [0.29, 0.717) is 32.6 Å². The second-order valence-electron chi connectivity index (χ2n) is 4.95. The van der Waals surface area contributed by atoms with E-state index in [2.05, 4.69) is 10.3 Å². The number of anilines is 2. The van der Waals surface area contributed by atoms with Crippen molar-refractivity contribution >= 4 is 11.5 Å². The molecule has 0 bridgehead atoms. The van der Waals surface area contributed by atoms with E-state index in [1.165, 1.54) is 4.57 Å². The number of aliphatic hydroxyl groups is 1. The Bertz CT molecular complexity index is 586. The van der Waals surface area contributed by atoms with Crippen LogP contribution in [0.3, 0.4) is 0 Å². The molecule has 0 saturated carbocycles. The summed E-state index contributed by atoms with van der Waals surface area (Å²) in [7, 11) is 0. The van der Waals surface area contributed by atoms with Crippen molar-refractivity contribution < 1.29 is 9.84 Å². The molecule has 0 unspecified atom stereocenters. The minimum atomic E-state index is -0.926. The number of hydrogen-bond acceptors (Lipinski definition) is 6. The summed E-state index contributed by atoms with van der Waals surface area (Å²) in [6.45, 7) is 3.27. The molecule has 8 heteroatoms. The summed E-state index contributed by atoms with van der Waals surface area (Å²) in [5.41, 5.74) is 3.91. The average molecular weight is 284 g/mol. The van der Waals surface area contributed by atoms with E-state index >= 15 is 0 Å². The third-order valence-electron chi connectivity index (χ3n) is 3.57. The molecule has 0 aliphatic carbocycles. The van der Waals surface area contributed by atoms with Crippen molar-refractivity contribution in [2.24, 2.45) is 0 Å². The van der Waals surface area contributed by atoms with Gasteiger partial charge in [-0.15, -0.1) is 0 Å². The quantitative estimate of drug-likeness (QED) is 0.568. The van der Waals surface area contributed by atoms with Crippen LogP contribution in [0.4, 0.5) is 11.5 Å². The first-order valence-corrected chi connectivity index (χ1v) is 6.63. The lowest BCUT2D eigenvalue weighted by atomic mass is 9.94. The second-order valence-corrected chi connectivity index (χ2v) is 4.95. The first-order valence-electron chi connectivity index (χ1n) is 6.63. The van der Waals surface area contributed by atoms with Gasteiger partial charge in [0, 0.05) is 39.1 Å². The van der Waals surface area contributed by atoms with Crippen LogP contribution in [-0.4, -0.2) is 40.0 Å². The van der Waals surface area contributed by atoms with E-state index in [4.69, 9.17) is 10.5 Å². The highest BCUT2D eigenvalue weighted by Gasteiger charge is 2.30. The summed E-state index contributed by atoms with van der Waals surface area (Å²) < 4.78 is 6.45. The number of hydrogen-bond donors (Lipinski definition) is 4. The molecule has 0 atom stereocenters. The first-order chi connectivity index (χ1) is 9.47. The SMILES string of the molecule is CCn1c(N)c(NCC2(O)CCOCC2)c(=O)[nH]c1=O. The molecule has 1 aliphatic rings. The van der Waals surface area contributed by atoms with Gasteiger partial charge in [-0.05, 0) is 6.92 Å². The van der Waals surface area contributed by atoms with Gasteiger partial charge in [0.15, 0.2) is 0 Å².